The summed E-state index contributed by atoms with van der Waals surface area (Å²) < 4.78 is 34.6. The molecule has 2 atom stereocenters. The molecule has 3 amide bonds. The molecule has 2 aliphatic heterocycles. The van der Waals surface area contributed by atoms with Gasteiger partial charge in [0.2, 0.25) is 17.7 Å². The summed E-state index contributed by atoms with van der Waals surface area (Å²) in [5.74, 6) is -3.91. The Balaban J connectivity index is 1.45. The van der Waals surface area contributed by atoms with Crippen LogP contribution in [0.1, 0.15) is 77.1 Å². The van der Waals surface area contributed by atoms with Gasteiger partial charge in [-0.05, 0) is 87.6 Å². The van der Waals surface area contributed by atoms with E-state index in [0.29, 0.717) is 47.5 Å². The topological polar surface area (TPSA) is 118 Å². The van der Waals surface area contributed by atoms with Crippen molar-refractivity contribution in [2.45, 2.75) is 71.4 Å². The highest BCUT2D eigenvalue weighted by Gasteiger charge is 2.31. The van der Waals surface area contributed by atoms with Crippen molar-refractivity contribution in [3.63, 3.8) is 0 Å². The highest BCUT2D eigenvalue weighted by molar-refractivity contribution is 6.31. The fraction of sp³-hybridized carbons (Fsp3) is 0.361. The summed E-state index contributed by atoms with van der Waals surface area (Å²) in [7, 11) is 0. The summed E-state index contributed by atoms with van der Waals surface area (Å²) in [6, 6.07) is 10.4. The smallest absolute Gasteiger partial charge is 0.315 e. The molecule has 1 aromatic heterocycles. The fourth-order valence-corrected chi connectivity index (χ4v) is 6.10. The average molecular weight is 679 g/mol. The molecule has 0 fully saturated rings. The van der Waals surface area contributed by atoms with Crippen molar-refractivity contribution in [1.82, 2.24) is 9.88 Å². The predicted octanol–water partition coefficient (Wildman–Crippen LogP) is 7.47. The maximum atomic E-state index is 14.8. The van der Waals surface area contributed by atoms with Crippen LogP contribution in [0.3, 0.4) is 0 Å². The molecule has 2 bridgehead atoms. The van der Waals surface area contributed by atoms with Crippen molar-refractivity contribution in [3.05, 3.63) is 82.7 Å². The van der Waals surface area contributed by atoms with E-state index >= 15 is 0 Å². The van der Waals surface area contributed by atoms with Crippen LogP contribution in [0.4, 0.5) is 20.2 Å². The van der Waals surface area contributed by atoms with E-state index in [2.05, 4.69) is 15.6 Å². The molecule has 12 heteroatoms. The maximum Gasteiger partial charge on any atom is 0.315 e. The van der Waals surface area contributed by atoms with Crippen LogP contribution in [0, 0.1) is 17.6 Å². The zero-order valence-electron chi connectivity index (χ0n) is 27.2. The average Bonchev–Trinajstić information content (AvgIpc) is 3.00. The molecule has 0 saturated carbocycles. The van der Waals surface area contributed by atoms with Crippen molar-refractivity contribution in [2.75, 3.05) is 17.2 Å². The number of amides is 3. The Morgan fingerprint density at radius 3 is 2.60 bits per heavy atom. The number of hydrogen-bond donors (Lipinski definition) is 2. The maximum absolute atomic E-state index is 14.8. The fourth-order valence-electron chi connectivity index (χ4n) is 5.94. The van der Waals surface area contributed by atoms with E-state index in [4.69, 9.17) is 16.3 Å². The molecule has 2 N–H and O–H groups in total. The molecule has 252 valence electrons. The van der Waals surface area contributed by atoms with Crippen molar-refractivity contribution < 1.29 is 32.7 Å². The Kier molecular flexibility index (Phi) is 10.3. The van der Waals surface area contributed by atoms with Gasteiger partial charge in [0.05, 0.1) is 28.0 Å². The second kappa shape index (κ2) is 14.2. The minimum Gasteiger partial charge on any atom is -0.460 e. The molecule has 0 spiro atoms. The zero-order chi connectivity index (χ0) is 34.7. The van der Waals surface area contributed by atoms with E-state index < -0.39 is 47.5 Å². The number of fused-ring (bicyclic) bond motifs is 4. The van der Waals surface area contributed by atoms with Crippen LogP contribution in [0.2, 0.25) is 5.02 Å². The first kappa shape index (κ1) is 34.7. The number of ether oxygens (including phenoxy) is 1. The van der Waals surface area contributed by atoms with E-state index in [-0.39, 0.29) is 40.9 Å². The molecular formula is C36H37ClF2N4O5. The van der Waals surface area contributed by atoms with Gasteiger partial charge in [-0.2, -0.15) is 0 Å². The summed E-state index contributed by atoms with van der Waals surface area (Å²) in [5.41, 5.74) is 2.02. The third-order valence-electron chi connectivity index (χ3n) is 8.23. The van der Waals surface area contributed by atoms with Crippen molar-refractivity contribution >= 4 is 52.2 Å². The van der Waals surface area contributed by atoms with E-state index in [0.717, 1.165) is 12.1 Å². The molecule has 9 nitrogen and oxygen atoms in total. The number of carbonyl (C=O) groups is 4. The number of rotatable bonds is 5. The predicted molar refractivity (Wildman–Crippen MR) is 179 cm³/mol. The summed E-state index contributed by atoms with van der Waals surface area (Å²) in [4.78, 5) is 57.9. The first-order valence-corrected chi connectivity index (χ1v) is 16.2. The number of benzene rings is 2. The van der Waals surface area contributed by atoms with Crippen LogP contribution >= 0.6 is 11.6 Å². The normalized spacial score (nSPS) is 18.5. The number of halogens is 3. The minimum atomic E-state index is -0.902. The summed E-state index contributed by atoms with van der Waals surface area (Å²) in [5, 5.41) is 5.47. The Bertz CT molecular complexity index is 1810. The van der Waals surface area contributed by atoms with Crippen LogP contribution in [0.5, 0.6) is 0 Å². The molecule has 2 aliphatic rings. The van der Waals surface area contributed by atoms with Crippen LogP contribution in [-0.4, -0.2) is 45.7 Å². The molecule has 5 rings (SSSR count). The van der Waals surface area contributed by atoms with Gasteiger partial charge in [-0.25, -0.2) is 8.78 Å². The molecule has 48 heavy (non-hydrogen) atoms. The molecule has 2 unspecified atom stereocenters. The van der Waals surface area contributed by atoms with Gasteiger partial charge in [-0.15, -0.1) is 0 Å². The Labute approximate surface area is 282 Å². The third kappa shape index (κ3) is 8.07. The number of nitrogens with zero attached hydrogens (tertiary/aromatic N) is 2. The van der Waals surface area contributed by atoms with Gasteiger partial charge in [-0.1, -0.05) is 31.0 Å². The summed E-state index contributed by atoms with van der Waals surface area (Å²) in [6.45, 7) is 7.16. The third-order valence-corrected chi connectivity index (χ3v) is 8.52. The number of anilines is 2. The lowest BCUT2D eigenvalue weighted by molar-refractivity contribution is -0.155. The van der Waals surface area contributed by atoms with E-state index in [9.17, 15) is 28.0 Å². The Morgan fingerprint density at radius 2 is 1.88 bits per heavy atom. The van der Waals surface area contributed by atoms with Crippen molar-refractivity contribution in [2.24, 2.45) is 5.92 Å². The number of esters is 1. The first-order valence-electron chi connectivity index (χ1n) is 15.8. The van der Waals surface area contributed by atoms with E-state index in [1.807, 2.05) is 13.0 Å². The van der Waals surface area contributed by atoms with Crippen LogP contribution < -0.4 is 10.6 Å². The van der Waals surface area contributed by atoms with Gasteiger partial charge in [0.1, 0.15) is 17.8 Å². The molecule has 0 saturated heterocycles. The molecule has 3 aromatic rings. The van der Waals surface area contributed by atoms with Gasteiger partial charge in [0, 0.05) is 36.0 Å². The number of carbonyl (C=O) groups excluding carboxylic acids is 4. The second-order valence-corrected chi connectivity index (χ2v) is 13.5. The van der Waals surface area contributed by atoms with E-state index in [1.165, 1.54) is 6.08 Å². The van der Waals surface area contributed by atoms with Gasteiger partial charge >= 0.3 is 5.97 Å². The monoisotopic (exact) mass is 678 g/mol. The quantitative estimate of drug-likeness (QED) is 0.164. The molecule has 3 heterocycles. The molecule has 0 radical (unpaired) electrons. The first-order chi connectivity index (χ1) is 22.7. The van der Waals surface area contributed by atoms with Gasteiger partial charge in [0.25, 0.3) is 0 Å². The van der Waals surface area contributed by atoms with Crippen molar-refractivity contribution in [3.8, 4) is 11.1 Å². The van der Waals surface area contributed by atoms with Crippen LogP contribution in [0.25, 0.3) is 16.7 Å². The lowest BCUT2D eigenvalue weighted by Gasteiger charge is -2.34. The van der Waals surface area contributed by atoms with Crippen LogP contribution in [0.15, 0.2) is 54.7 Å². The number of nitrogens with one attached hydrogen (secondary N) is 2. The standard InChI is InChI=1S/C36H37ClF2N4O5/c1-20-6-5-7-29(43-15-13-22(17-31(43)45)33-26(38)11-10-25(37)34(33)39)28-16-21(12-14-40-28)24-9-8-23(18-27(24)42-35(20)47)41-30(44)19-32(46)48-36(2,3)4/h8-12,14,16-18,20,29H,5-7,13,15,19H2,1-4H3,(H,41,44)(H,42,47). The number of hydrogen-bond acceptors (Lipinski definition) is 6. The molecule has 0 aliphatic carbocycles. The lowest BCUT2D eigenvalue weighted by atomic mass is 9.92. The number of aromatic nitrogens is 1. The Morgan fingerprint density at radius 1 is 1.10 bits per heavy atom. The highest BCUT2D eigenvalue weighted by atomic mass is 35.5. The van der Waals surface area contributed by atoms with Gasteiger partial charge in [-0.3, -0.25) is 24.2 Å². The Hall–Kier alpha value is -4.64. The lowest BCUT2D eigenvalue weighted by Crippen LogP contribution is -2.38. The largest absolute Gasteiger partial charge is 0.460 e. The van der Waals surface area contributed by atoms with Gasteiger partial charge < -0.3 is 20.3 Å². The van der Waals surface area contributed by atoms with Gasteiger partial charge in [0.15, 0.2) is 5.82 Å². The van der Waals surface area contributed by atoms with Crippen LogP contribution in [-0.2, 0) is 23.9 Å². The van der Waals surface area contributed by atoms with E-state index in [1.54, 1.807) is 56.1 Å². The minimum absolute atomic E-state index is 0.200. The molecular weight excluding hydrogens is 642 g/mol. The number of pyridine rings is 1. The highest BCUT2D eigenvalue weighted by Crippen LogP contribution is 2.38. The summed E-state index contributed by atoms with van der Waals surface area (Å²) >= 11 is 5.91. The summed E-state index contributed by atoms with van der Waals surface area (Å²) in [6.07, 6.45) is 4.24. The van der Waals surface area contributed by atoms with Crippen molar-refractivity contribution in [1.29, 1.82) is 0 Å². The zero-order valence-corrected chi connectivity index (χ0v) is 27.9. The second-order valence-electron chi connectivity index (χ2n) is 13.0. The molecule has 2 aromatic carbocycles. The SMILES string of the molecule is CC1CCCC(N2CCC(c3c(F)ccc(Cl)c3F)=CC2=O)c2cc(ccn2)-c2ccc(NC(=O)CC(=O)OC(C)(C)C)cc2NC1=O.